The van der Waals surface area contributed by atoms with Crippen LogP contribution >= 0.6 is 0 Å². The minimum Gasteiger partial charge on any atom is -0.360 e. The summed E-state index contributed by atoms with van der Waals surface area (Å²) in [7, 11) is 0. The fourth-order valence-electron chi connectivity index (χ4n) is 2.27. The first-order chi connectivity index (χ1) is 6.95. The lowest BCUT2D eigenvalue weighted by atomic mass is 9.94. The molecule has 0 amide bonds. The van der Waals surface area contributed by atoms with Gasteiger partial charge < -0.3 is 4.90 Å². The second-order valence-electron chi connectivity index (χ2n) is 5.79. The Bertz CT molecular complexity index is 215. The van der Waals surface area contributed by atoms with Crippen LogP contribution in [0, 0.1) is 16.7 Å². The van der Waals surface area contributed by atoms with Gasteiger partial charge in [-0.3, -0.25) is 5.41 Å². The third kappa shape index (κ3) is 3.51. The summed E-state index contributed by atoms with van der Waals surface area (Å²) in [6.07, 6.45) is 5.19. The van der Waals surface area contributed by atoms with Crippen LogP contribution < -0.4 is 0 Å². The molecule has 1 atom stereocenters. The van der Waals surface area contributed by atoms with E-state index >= 15 is 0 Å². The Morgan fingerprint density at radius 3 is 2.47 bits per heavy atom. The molecule has 1 fully saturated rings. The minimum absolute atomic E-state index is 0.00600. The Labute approximate surface area is 94.6 Å². The highest BCUT2D eigenvalue weighted by Crippen LogP contribution is 2.24. The zero-order valence-electron chi connectivity index (χ0n) is 10.8. The van der Waals surface area contributed by atoms with Gasteiger partial charge in [0.25, 0.3) is 0 Å². The predicted molar refractivity (Wildman–Crippen MR) is 66.4 cm³/mol. The number of nitrogens with zero attached hydrogens (tertiary/aromatic N) is 1. The first-order valence-electron chi connectivity index (χ1n) is 6.29. The fourth-order valence-corrected chi connectivity index (χ4v) is 2.27. The molecule has 1 rings (SSSR count). The minimum atomic E-state index is 0.00600. The number of hydrogen-bond acceptors (Lipinski definition) is 1. The number of hydrogen-bond donors (Lipinski definition) is 1. The molecule has 2 heteroatoms. The van der Waals surface area contributed by atoms with Crippen molar-refractivity contribution in [1.82, 2.24) is 4.90 Å². The van der Waals surface area contributed by atoms with E-state index in [1.165, 1.54) is 25.7 Å². The van der Waals surface area contributed by atoms with Crippen LogP contribution in [0.4, 0.5) is 0 Å². The summed E-state index contributed by atoms with van der Waals surface area (Å²) in [6, 6.07) is 0. The lowest BCUT2D eigenvalue weighted by Gasteiger charge is -2.31. The van der Waals surface area contributed by atoms with E-state index in [4.69, 9.17) is 5.41 Å². The Morgan fingerprint density at radius 2 is 1.93 bits per heavy atom. The maximum Gasteiger partial charge on any atom is 0.101 e. The van der Waals surface area contributed by atoms with Crippen molar-refractivity contribution in [3.63, 3.8) is 0 Å². The van der Waals surface area contributed by atoms with E-state index in [-0.39, 0.29) is 5.41 Å². The molecule has 1 aliphatic rings. The summed E-state index contributed by atoms with van der Waals surface area (Å²) in [5.74, 6) is 1.71. The summed E-state index contributed by atoms with van der Waals surface area (Å²) in [5.41, 5.74) is 0.00600. The van der Waals surface area contributed by atoms with Gasteiger partial charge in [0.15, 0.2) is 0 Å². The third-order valence-corrected chi connectivity index (χ3v) is 3.45. The smallest absolute Gasteiger partial charge is 0.101 e. The van der Waals surface area contributed by atoms with E-state index in [0.29, 0.717) is 0 Å². The second kappa shape index (κ2) is 5.00. The molecule has 0 aromatic heterocycles. The molecule has 0 spiro atoms. The van der Waals surface area contributed by atoms with Gasteiger partial charge >= 0.3 is 0 Å². The summed E-state index contributed by atoms with van der Waals surface area (Å²) in [5, 5.41) is 8.18. The van der Waals surface area contributed by atoms with Crippen LogP contribution in [-0.4, -0.2) is 23.8 Å². The van der Waals surface area contributed by atoms with Gasteiger partial charge in [0, 0.05) is 18.5 Å². The molecule has 88 valence electrons. The second-order valence-corrected chi connectivity index (χ2v) is 5.79. The molecule has 1 unspecified atom stereocenters. The van der Waals surface area contributed by atoms with E-state index in [1.807, 2.05) is 0 Å². The average Bonchev–Trinajstić information content (AvgIpc) is 2.39. The monoisotopic (exact) mass is 210 g/mol. The van der Waals surface area contributed by atoms with E-state index in [0.717, 1.165) is 24.8 Å². The number of nitrogens with one attached hydrogen (secondary N) is 1. The normalized spacial score (nSPS) is 23.7. The van der Waals surface area contributed by atoms with Crippen LogP contribution in [0.1, 0.15) is 53.4 Å². The largest absolute Gasteiger partial charge is 0.360 e. The first-order valence-corrected chi connectivity index (χ1v) is 6.29. The predicted octanol–water partition coefficient (Wildman–Crippen LogP) is 3.52. The van der Waals surface area contributed by atoms with E-state index in [9.17, 15) is 0 Å². The molecule has 2 nitrogen and oxygen atoms in total. The highest BCUT2D eigenvalue weighted by atomic mass is 15.2. The number of likely N-dealkylation sites (tertiary alicyclic amines) is 1. The van der Waals surface area contributed by atoms with Crippen molar-refractivity contribution in [2.75, 3.05) is 13.1 Å². The highest BCUT2D eigenvalue weighted by Gasteiger charge is 2.25. The van der Waals surface area contributed by atoms with Crippen LogP contribution in [0.5, 0.6) is 0 Å². The highest BCUT2D eigenvalue weighted by molar-refractivity contribution is 5.84. The molecule has 1 N–H and O–H groups in total. The van der Waals surface area contributed by atoms with Gasteiger partial charge in [-0.1, -0.05) is 34.1 Å². The van der Waals surface area contributed by atoms with Crippen molar-refractivity contribution in [3.05, 3.63) is 0 Å². The van der Waals surface area contributed by atoms with Crippen molar-refractivity contribution < 1.29 is 0 Å². The molecule has 1 saturated heterocycles. The lowest BCUT2D eigenvalue weighted by Crippen LogP contribution is -2.39. The van der Waals surface area contributed by atoms with Crippen LogP contribution in [0.15, 0.2) is 0 Å². The summed E-state index contributed by atoms with van der Waals surface area (Å²) < 4.78 is 0. The topological polar surface area (TPSA) is 27.1 Å². The van der Waals surface area contributed by atoms with Gasteiger partial charge in [0.05, 0.1) is 0 Å². The van der Waals surface area contributed by atoms with E-state index in [2.05, 4.69) is 32.6 Å². The summed E-state index contributed by atoms with van der Waals surface area (Å²) >= 11 is 0. The standard InChI is InChI=1S/C13H26N2/c1-5-11-7-6-9-15(10-8-11)12(14)13(2,3)4/h11,14H,5-10H2,1-4H3. The van der Waals surface area contributed by atoms with Crippen molar-refractivity contribution in [2.24, 2.45) is 11.3 Å². The van der Waals surface area contributed by atoms with E-state index < -0.39 is 0 Å². The Kier molecular flexibility index (Phi) is 4.18. The van der Waals surface area contributed by atoms with Gasteiger partial charge in [0.2, 0.25) is 0 Å². The zero-order valence-corrected chi connectivity index (χ0v) is 10.8. The molecular formula is C13H26N2. The van der Waals surface area contributed by atoms with Gasteiger partial charge in [0.1, 0.15) is 5.84 Å². The maximum atomic E-state index is 8.18. The molecule has 0 saturated carbocycles. The molecule has 1 aliphatic heterocycles. The van der Waals surface area contributed by atoms with Crippen molar-refractivity contribution in [2.45, 2.75) is 53.4 Å². The Morgan fingerprint density at radius 1 is 1.27 bits per heavy atom. The van der Waals surface area contributed by atoms with Gasteiger partial charge in [-0.25, -0.2) is 0 Å². The van der Waals surface area contributed by atoms with E-state index in [1.54, 1.807) is 0 Å². The Balaban J connectivity index is 2.54. The summed E-state index contributed by atoms with van der Waals surface area (Å²) in [4.78, 5) is 2.29. The van der Waals surface area contributed by atoms with Crippen molar-refractivity contribution >= 4 is 5.84 Å². The van der Waals surface area contributed by atoms with Gasteiger partial charge in [-0.05, 0) is 25.2 Å². The van der Waals surface area contributed by atoms with Crippen molar-refractivity contribution in [3.8, 4) is 0 Å². The van der Waals surface area contributed by atoms with Crippen LogP contribution in [0.25, 0.3) is 0 Å². The first kappa shape index (κ1) is 12.5. The molecular weight excluding hydrogens is 184 g/mol. The summed E-state index contributed by atoms with van der Waals surface area (Å²) in [6.45, 7) is 10.9. The molecule has 0 aromatic carbocycles. The Hall–Kier alpha value is -0.530. The van der Waals surface area contributed by atoms with Crippen LogP contribution in [-0.2, 0) is 0 Å². The SMILES string of the molecule is CCC1CCCN(C(=N)C(C)(C)C)CC1. The molecule has 0 bridgehead atoms. The van der Waals surface area contributed by atoms with Gasteiger partial charge in [-0.15, -0.1) is 0 Å². The third-order valence-electron chi connectivity index (χ3n) is 3.45. The van der Waals surface area contributed by atoms with Crippen LogP contribution in [0.2, 0.25) is 0 Å². The molecule has 15 heavy (non-hydrogen) atoms. The lowest BCUT2D eigenvalue weighted by molar-refractivity contribution is 0.367. The fraction of sp³-hybridized carbons (Fsp3) is 0.923. The van der Waals surface area contributed by atoms with Gasteiger partial charge in [-0.2, -0.15) is 0 Å². The molecule has 0 aromatic rings. The zero-order chi connectivity index (χ0) is 11.5. The van der Waals surface area contributed by atoms with Crippen LogP contribution in [0.3, 0.4) is 0 Å². The average molecular weight is 210 g/mol. The maximum absolute atomic E-state index is 8.18. The quantitative estimate of drug-likeness (QED) is 0.520. The van der Waals surface area contributed by atoms with Crippen molar-refractivity contribution in [1.29, 1.82) is 5.41 Å². The molecule has 0 radical (unpaired) electrons. The number of rotatable bonds is 1. The molecule has 0 aliphatic carbocycles. The number of amidine groups is 1. The molecule has 1 heterocycles.